The van der Waals surface area contributed by atoms with Gasteiger partial charge in [0.25, 0.3) is 0 Å². The summed E-state index contributed by atoms with van der Waals surface area (Å²) in [5.74, 6) is 0.297. The summed E-state index contributed by atoms with van der Waals surface area (Å²) in [4.78, 5) is 11.8. The van der Waals surface area contributed by atoms with Gasteiger partial charge in [-0.15, -0.1) is 0 Å². The number of rotatable bonds is 4. The van der Waals surface area contributed by atoms with E-state index < -0.39 is 6.04 Å². The van der Waals surface area contributed by atoms with Gasteiger partial charge in [-0.05, 0) is 43.0 Å². The number of carbonyl (C=O) groups excluding carboxylic acids is 1. The summed E-state index contributed by atoms with van der Waals surface area (Å²) in [5, 5.41) is 2.86. The molecular formula is C13H19BrN2O. The van der Waals surface area contributed by atoms with E-state index in [1.807, 2.05) is 25.1 Å². The maximum Gasteiger partial charge on any atom is 0.241 e. The number of nitrogens with one attached hydrogen (secondary N) is 1. The highest BCUT2D eigenvalue weighted by atomic mass is 79.9. The maximum atomic E-state index is 11.8. The SMILES string of the molecule is Cc1cc(Br)ccc1NC(=O)C(N)CC(C)C. The molecule has 0 radical (unpaired) electrons. The third kappa shape index (κ3) is 4.48. The van der Waals surface area contributed by atoms with Crippen LogP contribution in [0.2, 0.25) is 0 Å². The number of nitrogens with two attached hydrogens (primary N) is 1. The molecule has 0 aromatic heterocycles. The van der Waals surface area contributed by atoms with Crippen LogP contribution in [0.3, 0.4) is 0 Å². The molecule has 1 aromatic carbocycles. The topological polar surface area (TPSA) is 55.1 Å². The summed E-state index contributed by atoms with van der Waals surface area (Å²) in [6.45, 7) is 6.06. The maximum absolute atomic E-state index is 11.8. The second kappa shape index (κ2) is 6.17. The van der Waals surface area contributed by atoms with E-state index in [1.165, 1.54) is 0 Å². The van der Waals surface area contributed by atoms with Gasteiger partial charge in [0.2, 0.25) is 5.91 Å². The van der Waals surface area contributed by atoms with Gasteiger partial charge in [0.15, 0.2) is 0 Å². The highest BCUT2D eigenvalue weighted by molar-refractivity contribution is 9.10. The minimum atomic E-state index is -0.446. The highest BCUT2D eigenvalue weighted by Crippen LogP contribution is 2.20. The van der Waals surface area contributed by atoms with E-state index in [0.29, 0.717) is 12.3 Å². The minimum absolute atomic E-state index is 0.121. The molecule has 1 amide bonds. The van der Waals surface area contributed by atoms with Gasteiger partial charge >= 0.3 is 0 Å². The molecule has 1 atom stereocenters. The second-order valence-electron chi connectivity index (χ2n) is 4.68. The zero-order chi connectivity index (χ0) is 13.0. The first kappa shape index (κ1) is 14.2. The van der Waals surface area contributed by atoms with Gasteiger partial charge in [-0.3, -0.25) is 4.79 Å². The Labute approximate surface area is 111 Å². The van der Waals surface area contributed by atoms with Crippen LogP contribution in [0.25, 0.3) is 0 Å². The van der Waals surface area contributed by atoms with E-state index in [0.717, 1.165) is 15.7 Å². The van der Waals surface area contributed by atoms with E-state index in [1.54, 1.807) is 0 Å². The molecule has 3 nitrogen and oxygen atoms in total. The fourth-order valence-corrected chi connectivity index (χ4v) is 2.08. The van der Waals surface area contributed by atoms with E-state index in [9.17, 15) is 4.79 Å². The molecule has 0 bridgehead atoms. The number of carbonyl (C=O) groups is 1. The molecule has 1 unspecified atom stereocenters. The molecule has 0 aliphatic rings. The van der Waals surface area contributed by atoms with Gasteiger partial charge in [-0.1, -0.05) is 29.8 Å². The Kier molecular flexibility index (Phi) is 5.15. The summed E-state index contributed by atoms with van der Waals surface area (Å²) in [6.07, 6.45) is 0.696. The highest BCUT2D eigenvalue weighted by Gasteiger charge is 2.15. The fourth-order valence-electron chi connectivity index (χ4n) is 1.61. The Bertz CT molecular complexity index is 404. The van der Waals surface area contributed by atoms with Crippen LogP contribution in [0.5, 0.6) is 0 Å². The van der Waals surface area contributed by atoms with Crippen molar-refractivity contribution in [2.45, 2.75) is 33.2 Å². The Morgan fingerprint density at radius 3 is 2.65 bits per heavy atom. The molecule has 1 rings (SSSR count). The van der Waals surface area contributed by atoms with Crippen molar-refractivity contribution >= 4 is 27.5 Å². The molecule has 0 saturated carbocycles. The summed E-state index contributed by atoms with van der Waals surface area (Å²) in [5.41, 5.74) is 7.66. The van der Waals surface area contributed by atoms with Gasteiger partial charge in [0.1, 0.15) is 0 Å². The lowest BCUT2D eigenvalue weighted by atomic mass is 10.0. The van der Waals surface area contributed by atoms with E-state index >= 15 is 0 Å². The first-order chi connectivity index (χ1) is 7.90. The number of aryl methyl sites for hydroxylation is 1. The number of anilines is 1. The lowest BCUT2D eigenvalue weighted by Crippen LogP contribution is -2.36. The lowest BCUT2D eigenvalue weighted by molar-refractivity contribution is -0.117. The van der Waals surface area contributed by atoms with Gasteiger partial charge in [0, 0.05) is 10.2 Å². The zero-order valence-electron chi connectivity index (χ0n) is 10.5. The molecule has 17 heavy (non-hydrogen) atoms. The van der Waals surface area contributed by atoms with Crippen molar-refractivity contribution in [3.63, 3.8) is 0 Å². The molecule has 0 spiro atoms. The van der Waals surface area contributed by atoms with Crippen LogP contribution in [-0.4, -0.2) is 11.9 Å². The molecule has 0 fully saturated rings. The summed E-state index contributed by atoms with van der Waals surface area (Å²) in [7, 11) is 0. The Morgan fingerprint density at radius 2 is 2.12 bits per heavy atom. The van der Waals surface area contributed by atoms with Crippen LogP contribution in [0.15, 0.2) is 22.7 Å². The van der Waals surface area contributed by atoms with Crippen LogP contribution in [0, 0.1) is 12.8 Å². The first-order valence-corrected chi connectivity index (χ1v) is 6.52. The third-order valence-corrected chi connectivity index (χ3v) is 3.00. The average Bonchev–Trinajstić information content (AvgIpc) is 2.21. The number of amides is 1. The van der Waals surface area contributed by atoms with Crippen LogP contribution in [-0.2, 0) is 4.79 Å². The van der Waals surface area contributed by atoms with Crippen LogP contribution >= 0.6 is 15.9 Å². The van der Waals surface area contributed by atoms with Crippen LogP contribution < -0.4 is 11.1 Å². The molecule has 1 aromatic rings. The van der Waals surface area contributed by atoms with Crippen molar-refractivity contribution in [3.05, 3.63) is 28.2 Å². The van der Waals surface area contributed by atoms with Crippen molar-refractivity contribution in [1.82, 2.24) is 0 Å². The van der Waals surface area contributed by atoms with Gasteiger partial charge < -0.3 is 11.1 Å². The Balaban J connectivity index is 2.67. The fraction of sp³-hybridized carbons (Fsp3) is 0.462. The molecule has 4 heteroatoms. The van der Waals surface area contributed by atoms with Crippen molar-refractivity contribution in [2.75, 3.05) is 5.32 Å². The van der Waals surface area contributed by atoms with Crippen molar-refractivity contribution in [1.29, 1.82) is 0 Å². The van der Waals surface area contributed by atoms with Gasteiger partial charge in [-0.25, -0.2) is 0 Å². The monoisotopic (exact) mass is 298 g/mol. The molecule has 3 N–H and O–H groups in total. The number of halogens is 1. The van der Waals surface area contributed by atoms with Crippen molar-refractivity contribution in [2.24, 2.45) is 11.7 Å². The average molecular weight is 299 g/mol. The second-order valence-corrected chi connectivity index (χ2v) is 5.60. The van der Waals surface area contributed by atoms with E-state index in [2.05, 4.69) is 35.1 Å². The lowest BCUT2D eigenvalue weighted by Gasteiger charge is -2.15. The summed E-state index contributed by atoms with van der Waals surface area (Å²) >= 11 is 3.39. The molecule has 94 valence electrons. The molecule has 0 aliphatic carbocycles. The van der Waals surface area contributed by atoms with Crippen molar-refractivity contribution in [3.8, 4) is 0 Å². The largest absolute Gasteiger partial charge is 0.324 e. The zero-order valence-corrected chi connectivity index (χ0v) is 12.0. The predicted molar refractivity (Wildman–Crippen MR) is 74.9 cm³/mol. The van der Waals surface area contributed by atoms with Crippen LogP contribution in [0.4, 0.5) is 5.69 Å². The van der Waals surface area contributed by atoms with Crippen molar-refractivity contribution < 1.29 is 4.79 Å². The molecular weight excluding hydrogens is 280 g/mol. The van der Waals surface area contributed by atoms with Gasteiger partial charge in [-0.2, -0.15) is 0 Å². The Hall–Kier alpha value is -0.870. The molecule has 0 saturated heterocycles. The first-order valence-electron chi connectivity index (χ1n) is 5.72. The standard InChI is InChI=1S/C13H19BrN2O/c1-8(2)6-11(15)13(17)16-12-5-4-10(14)7-9(12)3/h4-5,7-8,11H,6,15H2,1-3H3,(H,16,17). The quantitative estimate of drug-likeness (QED) is 0.897. The minimum Gasteiger partial charge on any atom is -0.324 e. The number of hydrogen-bond donors (Lipinski definition) is 2. The smallest absolute Gasteiger partial charge is 0.241 e. The van der Waals surface area contributed by atoms with Gasteiger partial charge in [0.05, 0.1) is 6.04 Å². The summed E-state index contributed by atoms with van der Waals surface area (Å²) in [6, 6.07) is 5.29. The normalized spacial score (nSPS) is 12.6. The predicted octanol–water partition coefficient (Wildman–Crippen LogP) is 3.07. The number of hydrogen-bond acceptors (Lipinski definition) is 2. The Morgan fingerprint density at radius 1 is 1.47 bits per heavy atom. The molecule has 0 heterocycles. The number of benzene rings is 1. The van der Waals surface area contributed by atoms with Crippen LogP contribution in [0.1, 0.15) is 25.8 Å². The molecule has 0 aliphatic heterocycles. The third-order valence-electron chi connectivity index (χ3n) is 2.51. The van der Waals surface area contributed by atoms with E-state index in [-0.39, 0.29) is 5.91 Å². The summed E-state index contributed by atoms with van der Waals surface area (Å²) < 4.78 is 1.000. The van der Waals surface area contributed by atoms with E-state index in [4.69, 9.17) is 5.73 Å².